The summed E-state index contributed by atoms with van der Waals surface area (Å²) in [6.45, 7) is 8.25. The van der Waals surface area contributed by atoms with Gasteiger partial charge in [-0.15, -0.1) is 0 Å². The Hall–Kier alpha value is -2.61. The van der Waals surface area contributed by atoms with Gasteiger partial charge in [-0.05, 0) is 56.0 Å². The van der Waals surface area contributed by atoms with Crippen molar-refractivity contribution in [3.05, 3.63) is 36.4 Å². The molecule has 1 unspecified atom stereocenters. The van der Waals surface area contributed by atoms with Crippen LogP contribution in [0.3, 0.4) is 0 Å². The first-order valence-electron chi connectivity index (χ1n) is 11.9. The van der Waals surface area contributed by atoms with Crippen molar-refractivity contribution in [1.29, 1.82) is 0 Å². The molecule has 5 rings (SSSR count). The Morgan fingerprint density at radius 3 is 2.28 bits per heavy atom. The zero-order chi connectivity index (χ0) is 21.9. The van der Waals surface area contributed by atoms with Crippen LogP contribution in [0.2, 0.25) is 0 Å². The summed E-state index contributed by atoms with van der Waals surface area (Å²) in [7, 11) is 0. The first-order valence-corrected chi connectivity index (χ1v) is 12.3. The topological polar surface area (TPSA) is 59.6 Å². The normalized spacial score (nSPS) is 21.4. The first kappa shape index (κ1) is 21.2. The summed E-state index contributed by atoms with van der Waals surface area (Å²) in [6, 6.07) is 13.3. The van der Waals surface area contributed by atoms with Crippen LogP contribution in [-0.2, 0) is 0 Å². The van der Waals surface area contributed by atoms with E-state index < -0.39 is 0 Å². The maximum absolute atomic E-state index is 5.50. The van der Waals surface area contributed by atoms with Crippen molar-refractivity contribution < 1.29 is 0 Å². The minimum Gasteiger partial charge on any atom is -0.368 e. The van der Waals surface area contributed by atoms with Crippen LogP contribution >= 0.6 is 12.2 Å². The van der Waals surface area contributed by atoms with Gasteiger partial charge in [-0.25, -0.2) is 0 Å². The number of piperazine rings is 1. The van der Waals surface area contributed by atoms with Gasteiger partial charge in [-0.3, -0.25) is 0 Å². The first-order chi connectivity index (χ1) is 15.6. The average Bonchev–Trinajstić information content (AvgIpc) is 3.63. The smallest absolute Gasteiger partial charge is 0.232 e. The van der Waals surface area contributed by atoms with Crippen LogP contribution in [0.4, 0.5) is 23.3 Å². The highest BCUT2D eigenvalue weighted by molar-refractivity contribution is 7.80. The van der Waals surface area contributed by atoms with Crippen LogP contribution in [0.15, 0.2) is 36.4 Å². The predicted molar refractivity (Wildman–Crippen MR) is 136 cm³/mol. The van der Waals surface area contributed by atoms with E-state index in [0.29, 0.717) is 23.0 Å². The van der Waals surface area contributed by atoms with Gasteiger partial charge in [0.25, 0.3) is 0 Å². The van der Waals surface area contributed by atoms with Crippen LogP contribution in [0, 0.1) is 5.92 Å². The molecule has 0 amide bonds. The van der Waals surface area contributed by atoms with Gasteiger partial charge in [0, 0.05) is 57.1 Å². The Labute approximate surface area is 196 Å². The number of piperidine rings is 1. The second-order valence-corrected chi connectivity index (χ2v) is 9.69. The van der Waals surface area contributed by atoms with Crippen LogP contribution in [-0.4, -0.2) is 60.4 Å². The molecule has 2 aromatic rings. The van der Waals surface area contributed by atoms with Gasteiger partial charge in [0.05, 0.1) is 0 Å². The van der Waals surface area contributed by atoms with E-state index in [-0.39, 0.29) is 0 Å². The molecule has 2 saturated heterocycles. The highest BCUT2D eigenvalue weighted by Gasteiger charge is 2.25. The molecule has 2 N–H and O–H groups in total. The van der Waals surface area contributed by atoms with Crippen molar-refractivity contribution in [3.63, 3.8) is 0 Å². The summed E-state index contributed by atoms with van der Waals surface area (Å²) in [6.07, 6.45) is 4.87. The molecule has 1 aromatic carbocycles. The molecule has 32 heavy (non-hydrogen) atoms. The molecule has 0 radical (unpaired) electrons. The second kappa shape index (κ2) is 9.48. The van der Waals surface area contributed by atoms with E-state index in [9.17, 15) is 0 Å². The third-order valence-corrected chi connectivity index (χ3v) is 6.76. The van der Waals surface area contributed by atoms with Crippen LogP contribution in [0.1, 0.15) is 32.6 Å². The van der Waals surface area contributed by atoms with Gasteiger partial charge < -0.3 is 25.3 Å². The number of hydrogen-bond donors (Lipinski definition) is 2. The molecule has 0 bridgehead atoms. The lowest BCUT2D eigenvalue weighted by Crippen LogP contribution is -2.47. The predicted octanol–water partition coefficient (Wildman–Crippen LogP) is 3.49. The number of nitrogens with zero attached hydrogens (tertiary/aromatic N) is 5. The summed E-state index contributed by atoms with van der Waals surface area (Å²) in [5.41, 5.74) is 1.29. The minimum absolute atomic E-state index is 0.506. The van der Waals surface area contributed by atoms with E-state index in [0.717, 1.165) is 50.9 Å². The second-order valence-electron chi connectivity index (χ2n) is 9.28. The van der Waals surface area contributed by atoms with Gasteiger partial charge in [0.1, 0.15) is 11.6 Å². The number of hydrogen-bond acceptors (Lipinski definition) is 6. The van der Waals surface area contributed by atoms with E-state index in [4.69, 9.17) is 22.2 Å². The number of anilines is 4. The lowest BCUT2D eigenvalue weighted by atomic mass is 10.0. The fourth-order valence-electron chi connectivity index (χ4n) is 4.58. The van der Waals surface area contributed by atoms with Crippen molar-refractivity contribution in [2.45, 2.75) is 38.6 Å². The molecule has 2 aliphatic heterocycles. The minimum atomic E-state index is 0.506. The quantitative estimate of drug-likeness (QED) is 0.670. The summed E-state index contributed by atoms with van der Waals surface area (Å²) in [5.74, 6) is 3.27. The third kappa shape index (κ3) is 5.23. The van der Waals surface area contributed by atoms with Crippen LogP contribution < -0.4 is 25.3 Å². The third-order valence-electron chi connectivity index (χ3n) is 6.54. The van der Waals surface area contributed by atoms with Gasteiger partial charge in [-0.2, -0.15) is 9.97 Å². The SMILES string of the molecule is CC1CCCN(c2cc(N3CCN(c4ccccc4)CC3)nc(NC(=S)NC3CC3)n2)C1. The molecule has 3 fully saturated rings. The lowest BCUT2D eigenvalue weighted by Gasteiger charge is -2.37. The van der Waals surface area contributed by atoms with Crippen molar-refractivity contribution in [3.8, 4) is 0 Å². The van der Waals surface area contributed by atoms with Crippen molar-refractivity contribution in [2.24, 2.45) is 5.92 Å². The van der Waals surface area contributed by atoms with Crippen molar-refractivity contribution in [1.82, 2.24) is 15.3 Å². The Morgan fingerprint density at radius 1 is 0.906 bits per heavy atom. The van der Waals surface area contributed by atoms with Crippen molar-refractivity contribution >= 4 is 40.6 Å². The molecule has 3 aliphatic rings. The Bertz CT molecular complexity index is 925. The number of aromatic nitrogens is 2. The van der Waals surface area contributed by atoms with Gasteiger partial charge >= 0.3 is 0 Å². The Morgan fingerprint density at radius 2 is 1.59 bits per heavy atom. The largest absolute Gasteiger partial charge is 0.368 e. The van der Waals surface area contributed by atoms with E-state index in [1.54, 1.807) is 0 Å². The summed E-state index contributed by atoms with van der Waals surface area (Å²) in [5, 5.41) is 7.21. The molecule has 1 aliphatic carbocycles. The van der Waals surface area contributed by atoms with E-state index in [1.165, 1.54) is 31.4 Å². The highest BCUT2D eigenvalue weighted by Crippen LogP contribution is 2.27. The Balaban J connectivity index is 1.33. The van der Waals surface area contributed by atoms with Crippen molar-refractivity contribution in [2.75, 3.05) is 59.3 Å². The standard InChI is InChI=1S/C24H33N7S/c1-18-6-5-11-31(17-18)22-16-21(26-23(27-22)28-24(32)25-19-9-10-19)30-14-12-29(13-15-30)20-7-3-2-4-8-20/h2-4,7-8,16,18-19H,5-6,9-15,17H2,1H3,(H2,25,26,27,28,32). The van der Waals surface area contributed by atoms with Gasteiger partial charge in [0.2, 0.25) is 5.95 Å². The molecular formula is C24H33N7S. The maximum Gasteiger partial charge on any atom is 0.232 e. The molecule has 8 heteroatoms. The van der Waals surface area contributed by atoms with E-state index in [2.05, 4.69) is 68.7 Å². The molecule has 1 aromatic heterocycles. The zero-order valence-electron chi connectivity index (χ0n) is 18.8. The lowest BCUT2D eigenvalue weighted by molar-refractivity contribution is 0.444. The van der Waals surface area contributed by atoms with E-state index >= 15 is 0 Å². The molecule has 0 spiro atoms. The number of rotatable bonds is 5. The van der Waals surface area contributed by atoms with Gasteiger partial charge in [-0.1, -0.05) is 25.1 Å². The summed E-state index contributed by atoms with van der Waals surface area (Å²) in [4.78, 5) is 16.9. The number of nitrogens with one attached hydrogen (secondary N) is 2. The zero-order valence-corrected chi connectivity index (χ0v) is 19.7. The number of thiocarbonyl (C=S) groups is 1. The molecule has 170 valence electrons. The maximum atomic E-state index is 5.50. The average molecular weight is 452 g/mol. The Kier molecular flexibility index (Phi) is 6.30. The summed E-state index contributed by atoms with van der Waals surface area (Å²) < 4.78 is 0. The fourth-order valence-corrected chi connectivity index (χ4v) is 4.84. The van der Waals surface area contributed by atoms with Gasteiger partial charge in [0.15, 0.2) is 5.11 Å². The number of para-hydroxylation sites is 1. The van der Waals surface area contributed by atoms with E-state index in [1.807, 2.05) is 0 Å². The molecular weight excluding hydrogens is 418 g/mol. The molecule has 1 atom stereocenters. The summed E-state index contributed by atoms with van der Waals surface area (Å²) >= 11 is 5.50. The molecule has 1 saturated carbocycles. The van der Waals surface area contributed by atoms with Crippen LogP contribution in [0.5, 0.6) is 0 Å². The monoisotopic (exact) mass is 451 g/mol. The highest BCUT2D eigenvalue weighted by atomic mass is 32.1. The van der Waals surface area contributed by atoms with Crippen LogP contribution in [0.25, 0.3) is 0 Å². The molecule has 3 heterocycles. The number of benzene rings is 1. The molecule has 7 nitrogen and oxygen atoms in total. The fraction of sp³-hybridized carbons (Fsp3) is 0.542.